The summed E-state index contributed by atoms with van der Waals surface area (Å²) in [6.07, 6.45) is 4.05. The Morgan fingerprint density at radius 1 is 1.12 bits per heavy atom. The van der Waals surface area contributed by atoms with Gasteiger partial charge in [0.2, 0.25) is 0 Å². The molecule has 2 N–H and O–H groups in total. The van der Waals surface area contributed by atoms with Gasteiger partial charge in [-0.3, -0.25) is 9.80 Å². The van der Waals surface area contributed by atoms with Gasteiger partial charge in [-0.15, -0.1) is 0 Å². The number of hydrogen-bond donors (Lipinski definition) is 1. The molecule has 0 aromatic carbocycles. The Labute approximate surface area is 104 Å². The predicted molar refractivity (Wildman–Crippen MR) is 67.9 cm³/mol. The van der Waals surface area contributed by atoms with Gasteiger partial charge in [0.1, 0.15) is 0 Å². The van der Waals surface area contributed by atoms with Crippen LogP contribution in [0, 0.1) is 5.92 Å². The molecule has 4 heteroatoms. The molecule has 0 radical (unpaired) electrons. The van der Waals surface area contributed by atoms with Crippen LogP contribution >= 0.6 is 0 Å². The highest BCUT2D eigenvalue weighted by atomic mass is 16.5. The molecular weight excluding hydrogens is 214 g/mol. The van der Waals surface area contributed by atoms with Crippen molar-refractivity contribution in [3.63, 3.8) is 0 Å². The maximum absolute atomic E-state index is 5.98. The molecule has 2 atom stereocenters. The van der Waals surface area contributed by atoms with Crippen LogP contribution in [0.5, 0.6) is 0 Å². The van der Waals surface area contributed by atoms with Crippen molar-refractivity contribution >= 4 is 0 Å². The number of piperazine rings is 1. The first-order chi connectivity index (χ1) is 8.38. The fourth-order valence-corrected chi connectivity index (χ4v) is 3.37. The van der Waals surface area contributed by atoms with Crippen molar-refractivity contribution in [2.45, 2.75) is 31.3 Å². The van der Waals surface area contributed by atoms with Crippen molar-refractivity contribution in [3.8, 4) is 0 Å². The summed E-state index contributed by atoms with van der Waals surface area (Å²) in [7, 11) is 0. The predicted octanol–water partition coefficient (Wildman–Crippen LogP) is 0.130. The molecule has 3 fully saturated rings. The standard InChI is InChI=1S/C13H25N3O/c14-9-13(11-3-8-17-10-11)16-6-4-15(5-7-16)12-1-2-12/h11-13H,1-10,14H2. The minimum atomic E-state index is 0.554. The molecule has 0 aromatic rings. The molecule has 3 rings (SSSR count). The van der Waals surface area contributed by atoms with Gasteiger partial charge >= 0.3 is 0 Å². The summed E-state index contributed by atoms with van der Waals surface area (Å²) in [5, 5.41) is 0. The molecule has 1 saturated carbocycles. The van der Waals surface area contributed by atoms with Crippen molar-refractivity contribution in [2.24, 2.45) is 11.7 Å². The molecule has 98 valence electrons. The second-order valence-corrected chi connectivity index (χ2v) is 5.73. The summed E-state index contributed by atoms with van der Waals surface area (Å²) in [6.45, 7) is 7.54. The molecule has 0 spiro atoms. The number of hydrogen-bond acceptors (Lipinski definition) is 4. The van der Waals surface area contributed by atoms with E-state index in [0.29, 0.717) is 12.0 Å². The first-order valence-electron chi connectivity index (χ1n) is 7.14. The monoisotopic (exact) mass is 239 g/mol. The van der Waals surface area contributed by atoms with Crippen molar-refractivity contribution in [1.82, 2.24) is 9.80 Å². The average molecular weight is 239 g/mol. The zero-order valence-electron chi connectivity index (χ0n) is 10.7. The Hall–Kier alpha value is -0.160. The molecule has 1 aliphatic carbocycles. The highest BCUT2D eigenvalue weighted by Gasteiger charge is 2.35. The van der Waals surface area contributed by atoms with Crippen molar-refractivity contribution < 1.29 is 4.74 Å². The van der Waals surface area contributed by atoms with Crippen molar-refractivity contribution in [3.05, 3.63) is 0 Å². The quantitative estimate of drug-likeness (QED) is 0.757. The van der Waals surface area contributed by atoms with E-state index in [1.807, 2.05) is 0 Å². The lowest BCUT2D eigenvalue weighted by molar-refractivity contribution is 0.0638. The molecule has 0 bridgehead atoms. The summed E-state index contributed by atoms with van der Waals surface area (Å²) >= 11 is 0. The van der Waals surface area contributed by atoms with E-state index in [2.05, 4.69) is 9.80 Å². The number of ether oxygens (including phenoxy) is 1. The van der Waals surface area contributed by atoms with Gasteiger partial charge in [0.15, 0.2) is 0 Å². The Morgan fingerprint density at radius 2 is 1.88 bits per heavy atom. The lowest BCUT2D eigenvalue weighted by Crippen LogP contribution is -2.55. The van der Waals surface area contributed by atoms with E-state index < -0.39 is 0 Å². The number of nitrogens with two attached hydrogens (primary N) is 1. The van der Waals surface area contributed by atoms with Gasteiger partial charge in [-0.05, 0) is 19.3 Å². The van der Waals surface area contributed by atoms with Crippen LogP contribution in [0.15, 0.2) is 0 Å². The van der Waals surface area contributed by atoms with Gasteiger partial charge < -0.3 is 10.5 Å². The Balaban J connectivity index is 1.52. The number of rotatable bonds is 4. The second-order valence-electron chi connectivity index (χ2n) is 5.73. The summed E-state index contributed by atoms with van der Waals surface area (Å²) in [4.78, 5) is 5.27. The SMILES string of the molecule is NCC(C1CCOC1)N1CCN(C2CC2)CC1. The fraction of sp³-hybridized carbons (Fsp3) is 1.00. The molecule has 3 aliphatic rings. The van der Waals surface area contributed by atoms with Crippen molar-refractivity contribution in [1.29, 1.82) is 0 Å². The van der Waals surface area contributed by atoms with Crippen molar-refractivity contribution in [2.75, 3.05) is 45.9 Å². The molecule has 2 saturated heterocycles. The van der Waals surface area contributed by atoms with E-state index >= 15 is 0 Å². The molecule has 0 amide bonds. The third-order valence-electron chi connectivity index (χ3n) is 4.63. The van der Waals surface area contributed by atoms with E-state index in [-0.39, 0.29) is 0 Å². The van der Waals surface area contributed by atoms with Gasteiger partial charge in [0, 0.05) is 57.3 Å². The third kappa shape index (κ3) is 2.65. The normalized spacial score (nSPS) is 34.1. The molecule has 4 nitrogen and oxygen atoms in total. The van der Waals surface area contributed by atoms with E-state index in [9.17, 15) is 0 Å². The first kappa shape index (κ1) is 11.9. The molecule has 17 heavy (non-hydrogen) atoms. The lowest BCUT2D eigenvalue weighted by Gasteiger charge is -2.41. The van der Waals surface area contributed by atoms with E-state index in [1.54, 1.807) is 0 Å². The van der Waals surface area contributed by atoms with Gasteiger partial charge in [-0.2, -0.15) is 0 Å². The average Bonchev–Trinajstić information content (AvgIpc) is 3.09. The van der Waals surface area contributed by atoms with Crippen LogP contribution in [0.3, 0.4) is 0 Å². The lowest BCUT2D eigenvalue weighted by atomic mass is 9.97. The maximum Gasteiger partial charge on any atom is 0.0510 e. The highest BCUT2D eigenvalue weighted by Crippen LogP contribution is 2.28. The summed E-state index contributed by atoms with van der Waals surface area (Å²) in [5.41, 5.74) is 5.98. The molecule has 2 heterocycles. The summed E-state index contributed by atoms with van der Waals surface area (Å²) in [5.74, 6) is 0.674. The fourth-order valence-electron chi connectivity index (χ4n) is 3.37. The van der Waals surface area contributed by atoms with Gasteiger partial charge in [-0.25, -0.2) is 0 Å². The minimum Gasteiger partial charge on any atom is -0.381 e. The van der Waals surface area contributed by atoms with Crippen LogP contribution in [0.4, 0.5) is 0 Å². The van der Waals surface area contributed by atoms with Crippen LogP contribution in [-0.4, -0.2) is 67.8 Å². The van der Waals surface area contributed by atoms with E-state index in [0.717, 1.165) is 25.8 Å². The van der Waals surface area contributed by atoms with E-state index in [4.69, 9.17) is 10.5 Å². The molecule has 2 aliphatic heterocycles. The first-order valence-corrected chi connectivity index (χ1v) is 7.14. The topological polar surface area (TPSA) is 41.7 Å². The second kappa shape index (κ2) is 5.22. The Morgan fingerprint density at radius 3 is 2.41 bits per heavy atom. The van der Waals surface area contributed by atoms with Crippen LogP contribution in [0.2, 0.25) is 0 Å². The smallest absolute Gasteiger partial charge is 0.0510 e. The molecule has 2 unspecified atom stereocenters. The third-order valence-corrected chi connectivity index (χ3v) is 4.63. The summed E-state index contributed by atoms with van der Waals surface area (Å²) < 4.78 is 5.51. The largest absolute Gasteiger partial charge is 0.381 e. The van der Waals surface area contributed by atoms with Crippen LogP contribution in [0.25, 0.3) is 0 Å². The van der Waals surface area contributed by atoms with Crippen LogP contribution < -0.4 is 5.73 Å². The van der Waals surface area contributed by atoms with E-state index in [1.165, 1.54) is 45.4 Å². The molecule has 0 aromatic heterocycles. The minimum absolute atomic E-state index is 0.554. The van der Waals surface area contributed by atoms with Gasteiger partial charge in [0.05, 0.1) is 6.61 Å². The Kier molecular flexibility index (Phi) is 3.66. The van der Waals surface area contributed by atoms with Gasteiger partial charge in [-0.1, -0.05) is 0 Å². The van der Waals surface area contributed by atoms with Crippen LogP contribution in [-0.2, 0) is 4.74 Å². The van der Waals surface area contributed by atoms with Gasteiger partial charge in [0.25, 0.3) is 0 Å². The molecular formula is C13H25N3O. The van der Waals surface area contributed by atoms with Crippen LogP contribution in [0.1, 0.15) is 19.3 Å². The maximum atomic E-state index is 5.98. The number of nitrogens with zero attached hydrogens (tertiary/aromatic N) is 2. The zero-order chi connectivity index (χ0) is 11.7. The highest BCUT2D eigenvalue weighted by molar-refractivity contribution is 4.91. The zero-order valence-corrected chi connectivity index (χ0v) is 10.7. The summed E-state index contributed by atoms with van der Waals surface area (Å²) in [6, 6.07) is 1.47. The Bertz CT molecular complexity index is 243.